The number of aromatic nitrogens is 1. The highest BCUT2D eigenvalue weighted by atomic mass is 79.9. The fraction of sp³-hybridized carbons (Fsp3) is 0.389. The van der Waals surface area contributed by atoms with Crippen molar-refractivity contribution in [3.05, 3.63) is 39.8 Å². The van der Waals surface area contributed by atoms with Gasteiger partial charge in [-0.25, -0.2) is 4.98 Å². The summed E-state index contributed by atoms with van der Waals surface area (Å²) in [6, 6.07) is 5.42. The van der Waals surface area contributed by atoms with Crippen LogP contribution in [0.2, 0.25) is 0 Å². The van der Waals surface area contributed by atoms with E-state index in [9.17, 15) is 9.59 Å². The van der Waals surface area contributed by atoms with Crippen molar-refractivity contribution in [2.45, 2.75) is 25.8 Å². The number of thiazole rings is 1. The predicted octanol–water partition coefficient (Wildman–Crippen LogP) is 3.28. The van der Waals surface area contributed by atoms with Crippen LogP contribution in [0, 0.1) is 6.92 Å². The summed E-state index contributed by atoms with van der Waals surface area (Å²) in [4.78, 5) is 33.0. The van der Waals surface area contributed by atoms with Crippen LogP contribution >= 0.6 is 27.3 Å². The van der Waals surface area contributed by atoms with Crippen molar-refractivity contribution in [2.75, 3.05) is 30.4 Å². The Bertz CT molecular complexity index is 796. The monoisotopic (exact) mass is 436 g/mol. The Labute approximate surface area is 165 Å². The number of rotatable bonds is 5. The number of benzene rings is 1. The number of anilines is 2. The van der Waals surface area contributed by atoms with Crippen LogP contribution in [0.4, 0.5) is 10.8 Å². The summed E-state index contributed by atoms with van der Waals surface area (Å²) in [7, 11) is 1.68. The van der Waals surface area contributed by atoms with Crippen LogP contribution in [0.15, 0.2) is 34.2 Å². The number of amides is 2. The van der Waals surface area contributed by atoms with E-state index in [-0.39, 0.29) is 24.4 Å². The fourth-order valence-corrected chi connectivity index (χ4v) is 4.31. The van der Waals surface area contributed by atoms with Gasteiger partial charge < -0.3 is 15.1 Å². The Kier molecular flexibility index (Phi) is 5.93. The highest BCUT2D eigenvalue weighted by molar-refractivity contribution is 9.10. The molecule has 1 aromatic heterocycles. The van der Waals surface area contributed by atoms with Gasteiger partial charge in [0.15, 0.2) is 5.13 Å². The summed E-state index contributed by atoms with van der Waals surface area (Å²) in [6.45, 7) is 2.78. The van der Waals surface area contributed by atoms with Crippen LogP contribution in [0.1, 0.15) is 18.4 Å². The second-order valence-corrected chi connectivity index (χ2v) is 8.16. The molecule has 2 aromatic rings. The van der Waals surface area contributed by atoms with Gasteiger partial charge in [-0.1, -0.05) is 15.9 Å². The Morgan fingerprint density at radius 2 is 2.27 bits per heavy atom. The number of likely N-dealkylation sites (N-methyl/N-ethyl adjacent to an activating group) is 1. The van der Waals surface area contributed by atoms with Gasteiger partial charge in [-0.05, 0) is 43.5 Å². The summed E-state index contributed by atoms with van der Waals surface area (Å²) < 4.78 is 0.962. The molecule has 0 saturated carbocycles. The van der Waals surface area contributed by atoms with Crippen LogP contribution in [0.3, 0.4) is 0 Å². The molecule has 0 radical (unpaired) electrons. The van der Waals surface area contributed by atoms with Crippen LogP contribution in [-0.2, 0) is 9.59 Å². The number of hydrogen-bond acceptors (Lipinski definition) is 5. The normalized spacial score (nSPS) is 16.6. The molecule has 1 unspecified atom stereocenters. The van der Waals surface area contributed by atoms with Crippen LogP contribution in [0.25, 0.3) is 0 Å². The minimum absolute atomic E-state index is 0.0244. The molecular weight excluding hydrogens is 416 g/mol. The van der Waals surface area contributed by atoms with Crippen molar-refractivity contribution in [1.29, 1.82) is 0 Å². The van der Waals surface area contributed by atoms with Gasteiger partial charge in [-0.15, -0.1) is 11.3 Å². The molecule has 2 heterocycles. The van der Waals surface area contributed by atoms with Gasteiger partial charge in [0.05, 0.1) is 6.54 Å². The number of carbonyl (C=O) groups is 2. The average Bonchev–Trinajstić information content (AvgIpc) is 3.27. The summed E-state index contributed by atoms with van der Waals surface area (Å²) >= 11 is 4.94. The minimum Gasteiger partial charge on any atom is -0.336 e. The third-order valence-electron chi connectivity index (χ3n) is 4.42. The molecule has 138 valence electrons. The van der Waals surface area contributed by atoms with Crippen LogP contribution in [-0.4, -0.2) is 47.9 Å². The maximum absolute atomic E-state index is 12.8. The second kappa shape index (κ2) is 8.18. The molecule has 26 heavy (non-hydrogen) atoms. The van der Waals surface area contributed by atoms with Crippen molar-refractivity contribution in [1.82, 2.24) is 9.88 Å². The van der Waals surface area contributed by atoms with Crippen molar-refractivity contribution in [3.8, 4) is 0 Å². The van der Waals surface area contributed by atoms with Gasteiger partial charge in [-0.3, -0.25) is 9.59 Å². The van der Waals surface area contributed by atoms with Crippen molar-refractivity contribution >= 4 is 49.9 Å². The SMILES string of the molecule is Cc1cc(Br)ccc1NC(=O)CN(C)C(=O)C1CCCN1c1nccs1. The Hall–Kier alpha value is -1.93. The molecule has 0 spiro atoms. The van der Waals surface area contributed by atoms with Gasteiger partial charge in [0, 0.05) is 35.3 Å². The van der Waals surface area contributed by atoms with Crippen LogP contribution in [0.5, 0.6) is 0 Å². The first-order chi connectivity index (χ1) is 12.5. The molecule has 0 bridgehead atoms. The first kappa shape index (κ1) is 18.8. The quantitative estimate of drug-likeness (QED) is 0.780. The highest BCUT2D eigenvalue weighted by Crippen LogP contribution is 2.28. The number of carbonyl (C=O) groups excluding carboxylic acids is 2. The van der Waals surface area contributed by atoms with Gasteiger partial charge in [0.25, 0.3) is 0 Å². The third kappa shape index (κ3) is 4.24. The molecule has 0 aliphatic carbocycles. The van der Waals surface area contributed by atoms with Gasteiger partial charge >= 0.3 is 0 Å². The maximum Gasteiger partial charge on any atom is 0.245 e. The van der Waals surface area contributed by atoms with E-state index in [1.165, 1.54) is 16.2 Å². The fourth-order valence-electron chi connectivity index (χ4n) is 3.11. The van der Waals surface area contributed by atoms with Crippen molar-refractivity contribution in [2.24, 2.45) is 0 Å². The lowest BCUT2D eigenvalue weighted by molar-refractivity contribution is -0.134. The lowest BCUT2D eigenvalue weighted by Gasteiger charge is -2.27. The molecule has 1 fully saturated rings. The predicted molar refractivity (Wildman–Crippen MR) is 108 cm³/mol. The third-order valence-corrected chi connectivity index (χ3v) is 5.72. The van der Waals surface area contributed by atoms with E-state index in [1.54, 1.807) is 13.2 Å². The van der Waals surface area contributed by atoms with Crippen molar-refractivity contribution < 1.29 is 9.59 Å². The largest absolute Gasteiger partial charge is 0.336 e. The van der Waals surface area contributed by atoms with E-state index in [2.05, 4.69) is 26.2 Å². The van der Waals surface area contributed by atoms with E-state index < -0.39 is 0 Å². The molecule has 1 N–H and O–H groups in total. The molecule has 8 heteroatoms. The lowest BCUT2D eigenvalue weighted by Crippen LogP contribution is -2.46. The molecule has 1 aromatic carbocycles. The number of nitrogens with one attached hydrogen (secondary N) is 1. The first-order valence-corrected chi connectivity index (χ1v) is 10.1. The maximum atomic E-state index is 12.8. The molecule has 1 aliphatic rings. The first-order valence-electron chi connectivity index (χ1n) is 8.43. The smallest absolute Gasteiger partial charge is 0.245 e. The molecule has 3 rings (SSSR count). The Morgan fingerprint density at radius 3 is 2.96 bits per heavy atom. The lowest BCUT2D eigenvalue weighted by atomic mass is 10.2. The Balaban J connectivity index is 1.60. The number of halogens is 1. The van der Waals surface area contributed by atoms with E-state index in [0.717, 1.165) is 40.2 Å². The molecule has 2 amide bonds. The summed E-state index contributed by atoms with van der Waals surface area (Å²) in [5.74, 6) is -0.245. The van der Waals surface area contributed by atoms with E-state index >= 15 is 0 Å². The summed E-state index contributed by atoms with van der Waals surface area (Å²) in [6.07, 6.45) is 3.49. The van der Waals surface area contributed by atoms with Gasteiger partial charge in [0.1, 0.15) is 6.04 Å². The summed E-state index contributed by atoms with van der Waals surface area (Å²) in [5.41, 5.74) is 1.72. The zero-order chi connectivity index (χ0) is 18.7. The molecule has 1 aliphatic heterocycles. The number of hydrogen-bond donors (Lipinski definition) is 1. The van der Waals surface area contributed by atoms with Crippen molar-refractivity contribution in [3.63, 3.8) is 0 Å². The zero-order valence-electron chi connectivity index (χ0n) is 14.7. The average molecular weight is 437 g/mol. The summed E-state index contributed by atoms with van der Waals surface area (Å²) in [5, 5.41) is 5.65. The van der Waals surface area contributed by atoms with Gasteiger partial charge in [-0.2, -0.15) is 0 Å². The van der Waals surface area contributed by atoms with E-state index in [1.807, 2.05) is 35.4 Å². The number of nitrogens with zero attached hydrogens (tertiary/aromatic N) is 3. The topological polar surface area (TPSA) is 65.5 Å². The van der Waals surface area contributed by atoms with Gasteiger partial charge in [0.2, 0.25) is 11.8 Å². The second-order valence-electron chi connectivity index (χ2n) is 6.37. The molecular formula is C18H21BrN4O2S. The molecule has 1 saturated heterocycles. The molecule has 6 nitrogen and oxygen atoms in total. The number of aryl methyl sites for hydroxylation is 1. The standard InChI is InChI=1S/C18H21BrN4O2S/c1-12-10-13(19)5-6-14(12)21-16(24)11-22(2)17(25)15-4-3-8-23(15)18-20-7-9-26-18/h5-7,9-10,15H,3-4,8,11H2,1-2H3,(H,21,24). The van der Waals surface area contributed by atoms with E-state index in [0.29, 0.717) is 0 Å². The zero-order valence-corrected chi connectivity index (χ0v) is 17.1. The Morgan fingerprint density at radius 1 is 1.46 bits per heavy atom. The minimum atomic E-state index is -0.242. The highest BCUT2D eigenvalue weighted by Gasteiger charge is 2.34. The van der Waals surface area contributed by atoms with Crippen LogP contribution < -0.4 is 10.2 Å². The molecule has 1 atom stereocenters. The van der Waals surface area contributed by atoms with E-state index in [4.69, 9.17) is 0 Å².